The summed E-state index contributed by atoms with van der Waals surface area (Å²) in [5, 5.41) is 14.1. The number of thiazole rings is 4. The number of aromatic nitrogens is 4. The lowest BCUT2D eigenvalue weighted by Gasteiger charge is -2.41. The third kappa shape index (κ3) is 23.3. The first kappa shape index (κ1) is 94.7. The molecule has 0 bridgehead atoms. The Morgan fingerprint density at radius 2 is 1.03 bits per heavy atom. The normalized spacial score (nSPS) is 19.2. The highest BCUT2D eigenvalue weighted by atomic mass is 35.5. The number of amides is 1. The molecule has 28 nitrogen and oxygen atoms in total. The molecule has 1 unspecified atom stereocenters. The van der Waals surface area contributed by atoms with Crippen LogP contribution >= 0.6 is 104 Å². The molecule has 0 radical (unpaired) electrons. The maximum Gasteiger partial charge on any atom is 0.534 e. The summed E-state index contributed by atoms with van der Waals surface area (Å²) in [5.74, 6) is -0.766. The van der Waals surface area contributed by atoms with E-state index >= 15 is 0 Å². The number of alkyl halides is 3. The van der Waals surface area contributed by atoms with Crippen LogP contribution in [0.3, 0.4) is 0 Å². The lowest BCUT2D eigenvalue weighted by atomic mass is 9.79. The molecular weight excluding hydrogens is 1740 g/mol. The fourth-order valence-electron chi connectivity index (χ4n) is 12.5. The third-order valence-electron chi connectivity index (χ3n) is 19.9. The van der Waals surface area contributed by atoms with Crippen molar-refractivity contribution in [1.82, 2.24) is 34.6 Å². The van der Waals surface area contributed by atoms with Crippen molar-refractivity contribution in [3.63, 3.8) is 0 Å². The summed E-state index contributed by atoms with van der Waals surface area (Å²) in [6, 6.07) is 28.9. The van der Waals surface area contributed by atoms with E-state index in [0.29, 0.717) is 68.5 Å². The van der Waals surface area contributed by atoms with Gasteiger partial charge >= 0.3 is 28.8 Å². The smallest absolute Gasteiger partial charge is 0.443 e. The van der Waals surface area contributed by atoms with E-state index in [-0.39, 0.29) is 65.4 Å². The third-order valence-corrected chi connectivity index (χ3v) is 27.3. The van der Waals surface area contributed by atoms with Gasteiger partial charge in [0, 0.05) is 79.8 Å². The number of carbonyl (C=O) groups excluding carboxylic acids is 2. The number of anilines is 1. The summed E-state index contributed by atoms with van der Waals surface area (Å²) >= 11 is 34.4. The molecular formula is C77H93BCl4F3N15O13S6. The van der Waals surface area contributed by atoms with Crippen molar-refractivity contribution in [2.75, 3.05) is 139 Å². The number of azide groups is 2. The standard InChI is InChI=1S/C19H27BN2O3S.C13H15ClN2OS.C12H18F3NO5S.C11H9ClN4OS.C11H11ClN2OS.C6H6ClNS.C5H7N3O2/c1-17(2)18(3,4)25-20(24-17)13-7-8-15-14(9-13)21-16(26-15)19(10-22(5)6)11-23-12-19;1-16(2)6-13(7-17-8-13)12-15-10-5-9(14)3-4-11(10)18-12;1-8-5-6-9(21-22(18,19)12(13,14)15)16(7-8)10(17)20-11(2,3)4;12-7-1-2-9-8(3-7)15-10(18-9)11(4-14-16-13)5-17-6-11;12-7-1-2-9-8(3-7)14-10(16-9)11(4-13)5-15-6-11;7-4-1-2-6(9)5(8)3-4;6-8-7-1-5(2-9)3-10-4-5/h7-9H,10-12H2,1-6H3;3-5H,6-8H2,1-2H3;6,8H,5,7H2,1-4H3;1-3H,4-6H2;1-3H,4-6,13H2;1-3,9H,8H2;2H,1,3-4H2. The van der Waals surface area contributed by atoms with Crippen molar-refractivity contribution in [3.05, 3.63) is 164 Å². The van der Waals surface area contributed by atoms with Crippen molar-refractivity contribution < 1.29 is 73.1 Å². The predicted molar refractivity (Wildman–Crippen MR) is 467 cm³/mol. The van der Waals surface area contributed by atoms with Crippen LogP contribution in [0.5, 0.6) is 0 Å². The van der Waals surface area contributed by atoms with Gasteiger partial charge in [0.25, 0.3) is 0 Å². The summed E-state index contributed by atoms with van der Waals surface area (Å²) in [7, 11) is 2.18. The van der Waals surface area contributed by atoms with E-state index in [1.165, 1.54) is 19.4 Å². The Morgan fingerprint density at radius 3 is 1.38 bits per heavy atom. The maximum absolute atomic E-state index is 12.4. The zero-order valence-electron chi connectivity index (χ0n) is 67.4. The number of allylic oxidation sites excluding steroid dienone is 1. The zero-order valence-corrected chi connectivity index (χ0v) is 75.4. The molecule has 1 atom stereocenters. The number of nitrogens with zero attached hydrogens (tertiary/aromatic N) is 13. The number of fused-ring (bicyclic) bond motifs is 4. The van der Waals surface area contributed by atoms with Crippen LogP contribution in [0, 0.1) is 11.3 Å². The van der Waals surface area contributed by atoms with Gasteiger partial charge in [-0.15, -0.1) is 58.0 Å². The van der Waals surface area contributed by atoms with Gasteiger partial charge in [0.05, 0.1) is 145 Å². The number of hydrogen-bond acceptors (Lipinski definition) is 28. The molecule has 7 aliphatic rings. The van der Waals surface area contributed by atoms with E-state index in [0.717, 1.165) is 119 Å². The molecule has 9 aromatic rings. The molecule has 642 valence electrons. The summed E-state index contributed by atoms with van der Waals surface area (Å²) < 4.78 is 112. The topological polar surface area (TPSA) is 362 Å². The molecule has 42 heteroatoms. The van der Waals surface area contributed by atoms with Gasteiger partial charge in [-0.2, -0.15) is 21.6 Å². The Balaban J connectivity index is 0.000000149. The van der Waals surface area contributed by atoms with Gasteiger partial charge in [0.1, 0.15) is 31.9 Å². The number of thiol groups is 1. The van der Waals surface area contributed by atoms with Gasteiger partial charge in [-0.25, -0.2) is 29.6 Å². The molecule has 6 saturated heterocycles. The van der Waals surface area contributed by atoms with Crippen molar-refractivity contribution in [2.45, 2.75) is 111 Å². The van der Waals surface area contributed by atoms with Crippen molar-refractivity contribution in [2.24, 2.45) is 27.3 Å². The minimum atomic E-state index is -5.84. The summed E-state index contributed by atoms with van der Waals surface area (Å²) in [4.78, 5) is 52.6. The predicted octanol–water partition coefficient (Wildman–Crippen LogP) is 16.6. The van der Waals surface area contributed by atoms with Gasteiger partial charge in [0.15, 0.2) is 0 Å². The van der Waals surface area contributed by atoms with Crippen LogP contribution in [-0.4, -0.2) is 218 Å². The Kier molecular flexibility index (Phi) is 31.1. The number of carbonyl (C=O) groups is 2. The summed E-state index contributed by atoms with van der Waals surface area (Å²) in [6.45, 7) is 24.2. The van der Waals surface area contributed by atoms with E-state index < -0.39 is 38.6 Å². The number of aldehydes is 1. The SMILES string of the molecule is CC1CC=C(OS(=O)(=O)C(F)(F)F)N(C(=O)OC(C)(C)C)C1.CN(C)CC1(c2nc3cc(B4OC(C)(C)C(C)(C)O4)ccc3s2)COC1.CN(C)CC1(c2nc3cc(Cl)ccc3s2)COC1.NCC1(c2nc3cc(Cl)ccc3s2)COC1.Nc1cc(Cl)ccc1S.[N-]=[N+]=NCC1(C=O)COC1.[N-]=[N+]=NCC1(c2nc3cc(Cl)ccc3s2)COC1. The molecule has 4 N–H and O–H groups in total. The summed E-state index contributed by atoms with van der Waals surface area (Å²) in [6.07, 6.45) is 1.23. The van der Waals surface area contributed by atoms with Crippen LogP contribution in [0.25, 0.3) is 61.8 Å². The molecule has 1 amide bonds. The first-order valence-corrected chi connectivity index (χ1v) is 43.9. The van der Waals surface area contributed by atoms with Gasteiger partial charge < -0.3 is 68.0 Å². The molecule has 119 heavy (non-hydrogen) atoms. The Labute approximate surface area is 729 Å². The number of benzene rings is 5. The lowest BCUT2D eigenvalue weighted by Crippen LogP contribution is -2.53. The number of likely N-dealkylation sites (N-methyl/N-ethyl adjacent to an activating group) is 2. The van der Waals surface area contributed by atoms with Gasteiger partial charge in [-0.3, -0.25) is 0 Å². The van der Waals surface area contributed by atoms with Gasteiger partial charge in [-0.1, -0.05) is 69.6 Å². The number of rotatable bonds is 17. The van der Waals surface area contributed by atoms with Crippen molar-refractivity contribution in [1.29, 1.82) is 0 Å². The zero-order chi connectivity index (χ0) is 86.9. The fraction of sp³-hybridized carbons (Fsp3) is 0.506. The fourth-order valence-corrected chi connectivity index (χ4v) is 18.2. The molecule has 4 aromatic heterocycles. The second-order valence-electron chi connectivity index (χ2n) is 32.4. The molecule has 16 rings (SSSR count). The van der Waals surface area contributed by atoms with Crippen LogP contribution in [-0.2, 0) is 78.5 Å². The second-order valence-corrected chi connectivity index (χ2v) is 40.3. The number of nitrogen functional groups attached to an aromatic ring is 1. The Morgan fingerprint density at radius 1 is 0.639 bits per heavy atom. The monoisotopic (exact) mass is 1840 g/mol. The maximum atomic E-state index is 12.4. The molecule has 7 aliphatic heterocycles. The number of hydrogen-bond donors (Lipinski definition) is 3. The molecule has 0 spiro atoms. The number of nitrogens with two attached hydrogens (primary N) is 2. The highest BCUT2D eigenvalue weighted by Gasteiger charge is 2.53. The largest absolute Gasteiger partial charge is 0.534 e. The molecule has 0 aliphatic carbocycles. The molecule has 5 aromatic carbocycles. The van der Waals surface area contributed by atoms with E-state index in [9.17, 15) is 31.2 Å². The van der Waals surface area contributed by atoms with Crippen molar-refractivity contribution in [3.8, 4) is 0 Å². The average molecular weight is 1840 g/mol. The van der Waals surface area contributed by atoms with Crippen LogP contribution in [0.4, 0.5) is 23.7 Å². The number of halogens is 7. The van der Waals surface area contributed by atoms with E-state index in [1.807, 2.05) is 54.6 Å². The van der Waals surface area contributed by atoms with Gasteiger partial charge in [0.2, 0.25) is 5.88 Å². The quantitative estimate of drug-likeness (QED) is 0.00877. The molecule has 6 fully saturated rings. The Bertz CT molecular complexity index is 5310. The van der Waals surface area contributed by atoms with E-state index in [4.69, 9.17) is 117 Å². The molecule has 0 saturated carbocycles. The minimum absolute atomic E-state index is 0.00583. The lowest BCUT2D eigenvalue weighted by molar-refractivity contribution is -0.143. The number of ether oxygens (including phenoxy) is 6. The van der Waals surface area contributed by atoms with Crippen molar-refractivity contribution >= 4 is 186 Å². The highest BCUT2D eigenvalue weighted by molar-refractivity contribution is 7.87. The molecule has 11 heterocycles. The van der Waals surface area contributed by atoms with Crippen LogP contribution in [0.2, 0.25) is 20.1 Å². The van der Waals surface area contributed by atoms with Crippen LogP contribution in [0.15, 0.2) is 118 Å². The van der Waals surface area contributed by atoms with E-state index in [2.05, 4.69) is 131 Å². The first-order valence-electron chi connectivity index (χ1n) is 37.2. The second kappa shape index (κ2) is 39.1. The summed E-state index contributed by atoms with van der Waals surface area (Å²) in [5.41, 5.74) is 25.3. The highest BCUT2D eigenvalue weighted by Crippen LogP contribution is 2.44. The Hall–Kier alpha value is -6.53. The minimum Gasteiger partial charge on any atom is -0.443 e. The first-order chi connectivity index (χ1) is 55.9. The average Bonchev–Trinajstić information content (AvgIpc) is 1.64. The van der Waals surface area contributed by atoms with E-state index in [1.54, 1.807) is 91.2 Å². The van der Waals surface area contributed by atoms with Crippen LogP contribution in [0.1, 0.15) is 81.8 Å². The van der Waals surface area contributed by atoms with Crippen LogP contribution < -0.4 is 16.9 Å². The van der Waals surface area contributed by atoms with Gasteiger partial charge in [-0.05, 0) is 197 Å².